The van der Waals surface area contributed by atoms with Gasteiger partial charge in [0, 0.05) is 12.7 Å². The Balaban J connectivity index is 2.82. The molecule has 0 aromatic rings. The van der Waals surface area contributed by atoms with Crippen molar-refractivity contribution in [2.75, 3.05) is 5.75 Å². The molecule has 0 fully saturated rings. The molecule has 3 heteroatoms. The van der Waals surface area contributed by atoms with Crippen LogP contribution in [-0.2, 0) is 4.79 Å². The standard InChI is InChI=1S/C4H9NOS/c1-3-7-5-4(2)6/h3H2,1-2H3,(H,5,6). The molecule has 1 amide bonds. The fourth-order valence-corrected chi connectivity index (χ4v) is 0.521. The molecule has 0 rings (SSSR count). The van der Waals surface area contributed by atoms with E-state index in [1.807, 2.05) is 6.92 Å². The first kappa shape index (κ1) is 6.82. The van der Waals surface area contributed by atoms with Crippen molar-refractivity contribution in [2.45, 2.75) is 13.8 Å². The average molecular weight is 119 g/mol. The molecule has 0 unspecified atom stereocenters. The highest BCUT2D eigenvalue weighted by Crippen LogP contribution is 1.87. The number of carbonyl (C=O) groups is 1. The van der Waals surface area contributed by atoms with Gasteiger partial charge in [-0.05, 0) is 0 Å². The molecule has 0 saturated heterocycles. The van der Waals surface area contributed by atoms with Crippen molar-refractivity contribution in [3.63, 3.8) is 0 Å². The fraction of sp³-hybridized carbons (Fsp3) is 0.750. The van der Waals surface area contributed by atoms with Gasteiger partial charge in [0.15, 0.2) is 0 Å². The highest BCUT2D eigenvalue weighted by Gasteiger charge is 1.83. The Morgan fingerprint density at radius 2 is 2.43 bits per heavy atom. The summed E-state index contributed by atoms with van der Waals surface area (Å²) in [4.78, 5) is 10.1. The van der Waals surface area contributed by atoms with Crippen LogP contribution in [0.5, 0.6) is 0 Å². The third kappa shape index (κ3) is 5.82. The van der Waals surface area contributed by atoms with E-state index in [0.717, 1.165) is 5.75 Å². The van der Waals surface area contributed by atoms with Gasteiger partial charge in [0.25, 0.3) is 0 Å². The smallest absolute Gasteiger partial charge is 0.226 e. The van der Waals surface area contributed by atoms with Crippen LogP contribution in [0, 0.1) is 0 Å². The van der Waals surface area contributed by atoms with Gasteiger partial charge in [0.05, 0.1) is 0 Å². The van der Waals surface area contributed by atoms with E-state index in [4.69, 9.17) is 0 Å². The lowest BCUT2D eigenvalue weighted by molar-refractivity contribution is -0.117. The molecule has 0 aliphatic carbocycles. The zero-order valence-electron chi connectivity index (χ0n) is 4.52. The van der Waals surface area contributed by atoms with Crippen LogP contribution < -0.4 is 4.72 Å². The second-order valence-electron chi connectivity index (χ2n) is 1.09. The van der Waals surface area contributed by atoms with Crippen LogP contribution >= 0.6 is 11.9 Å². The second kappa shape index (κ2) is 3.99. The predicted molar refractivity (Wildman–Crippen MR) is 31.9 cm³/mol. The van der Waals surface area contributed by atoms with Crippen molar-refractivity contribution in [3.8, 4) is 0 Å². The molecular formula is C4H9NOS. The third-order valence-corrected chi connectivity index (χ3v) is 1.08. The molecule has 0 saturated carbocycles. The fourth-order valence-electron chi connectivity index (χ4n) is 0.174. The van der Waals surface area contributed by atoms with E-state index in [0.29, 0.717) is 0 Å². The Bertz CT molecular complexity index is 64.7. The zero-order chi connectivity index (χ0) is 5.70. The predicted octanol–water partition coefficient (Wildman–Crippen LogP) is 0.791. The highest BCUT2D eigenvalue weighted by atomic mass is 32.2. The van der Waals surface area contributed by atoms with Gasteiger partial charge in [-0.3, -0.25) is 4.79 Å². The van der Waals surface area contributed by atoms with Crippen LogP contribution in [-0.4, -0.2) is 11.7 Å². The lowest BCUT2D eigenvalue weighted by atomic mass is 10.8. The first-order valence-corrected chi connectivity index (χ1v) is 3.14. The van der Waals surface area contributed by atoms with E-state index < -0.39 is 0 Å². The van der Waals surface area contributed by atoms with Gasteiger partial charge in [-0.1, -0.05) is 18.9 Å². The lowest BCUT2D eigenvalue weighted by Crippen LogP contribution is -2.09. The molecule has 0 radical (unpaired) electrons. The largest absolute Gasteiger partial charge is 0.300 e. The van der Waals surface area contributed by atoms with Crippen molar-refractivity contribution in [1.29, 1.82) is 0 Å². The molecule has 0 aromatic carbocycles. The molecule has 0 atom stereocenters. The number of carbonyl (C=O) groups excluding carboxylic acids is 1. The summed E-state index contributed by atoms with van der Waals surface area (Å²) in [6.45, 7) is 3.49. The van der Waals surface area contributed by atoms with Gasteiger partial charge in [-0.15, -0.1) is 0 Å². The Labute approximate surface area is 47.8 Å². The monoisotopic (exact) mass is 119 g/mol. The van der Waals surface area contributed by atoms with E-state index >= 15 is 0 Å². The van der Waals surface area contributed by atoms with Gasteiger partial charge in [-0.25, -0.2) is 0 Å². The van der Waals surface area contributed by atoms with Crippen molar-refractivity contribution in [3.05, 3.63) is 0 Å². The summed E-state index contributed by atoms with van der Waals surface area (Å²) in [5.74, 6) is 0.950. The minimum absolute atomic E-state index is 0.0202. The van der Waals surface area contributed by atoms with Crippen molar-refractivity contribution in [2.24, 2.45) is 0 Å². The Morgan fingerprint density at radius 1 is 1.86 bits per heavy atom. The van der Waals surface area contributed by atoms with E-state index in [2.05, 4.69) is 4.72 Å². The molecule has 0 heterocycles. The van der Waals surface area contributed by atoms with E-state index in [-0.39, 0.29) is 5.91 Å². The summed E-state index contributed by atoms with van der Waals surface area (Å²) in [6, 6.07) is 0. The molecule has 0 aromatic heterocycles. The Kier molecular flexibility index (Phi) is 3.89. The maximum atomic E-state index is 10.1. The van der Waals surface area contributed by atoms with Crippen molar-refractivity contribution >= 4 is 17.9 Å². The quantitative estimate of drug-likeness (QED) is 0.544. The molecule has 1 N–H and O–H groups in total. The molecular weight excluding hydrogens is 110 g/mol. The van der Waals surface area contributed by atoms with Crippen molar-refractivity contribution in [1.82, 2.24) is 4.72 Å². The minimum Gasteiger partial charge on any atom is -0.300 e. The van der Waals surface area contributed by atoms with Crippen molar-refractivity contribution < 1.29 is 4.79 Å². The normalized spacial score (nSPS) is 8.29. The van der Waals surface area contributed by atoms with Gasteiger partial charge < -0.3 is 4.72 Å². The maximum Gasteiger partial charge on any atom is 0.226 e. The second-order valence-corrected chi connectivity index (χ2v) is 2.16. The van der Waals surface area contributed by atoms with E-state index in [9.17, 15) is 4.79 Å². The summed E-state index contributed by atoms with van der Waals surface area (Å²) in [7, 11) is 0. The zero-order valence-corrected chi connectivity index (χ0v) is 5.34. The Hall–Kier alpha value is -0.180. The Morgan fingerprint density at radius 3 is 2.57 bits per heavy atom. The lowest BCUT2D eigenvalue weighted by Gasteiger charge is -1.92. The number of hydrogen-bond acceptors (Lipinski definition) is 2. The summed E-state index contributed by atoms with van der Waals surface area (Å²) in [5, 5.41) is 0. The van der Waals surface area contributed by atoms with E-state index in [1.165, 1.54) is 18.9 Å². The average Bonchev–Trinajstić information content (AvgIpc) is 1.61. The number of hydrogen-bond donors (Lipinski definition) is 1. The molecule has 7 heavy (non-hydrogen) atoms. The summed E-state index contributed by atoms with van der Waals surface area (Å²) >= 11 is 1.42. The molecule has 0 spiro atoms. The molecule has 0 aliphatic rings. The molecule has 42 valence electrons. The first-order valence-electron chi connectivity index (χ1n) is 2.15. The molecule has 0 bridgehead atoms. The highest BCUT2D eigenvalue weighted by molar-refractivity contribution is 7.97. The van der Waals surface area contributed by atoms with Gasteiger partial charge in [0.2, 0.25) is 5.91 Å². The van der Waals surface area contributed by atoms with Crippen LogP contribution in [0.1, 0.15) is 13.8 Å². The van der Waals surface area contributed by atoms with Crippen LogP contribution in [0.2, 0.25) is 0 Å². The van der Waals surface area contributed by atoms with Gasteiger partial charge >= 0.3 is 0 Å². The number of rotatable bonds is 2. The van der Waals surface area contributed by atoms with Crippen LogP contribution in [0.4, 0.5) is 0 Å². The van der Waals surface area contributed by atoms with Gasteiger partial charge in [0.1, 0.15) is 0 Å². The van der Waals surface area contributed by atoms with Gasteiger partial charge in [-0.2, -0.15) is 0 Å². The topological polar surface area (TPSA) is 29.1 Å². The number of amides is 1. The molecule has 2 nitrogen and oxygen atoms in total. The van der Waals surface area contributed by atoms with Crippen LogP contribution in [0.25, 0.3) is 0 Å². The van der Waals surface area contributed by atoms with E-state index in [1.54, 1.807) is 0 Å². The minimum atomic E-state index is 0.0202. The maximum absolute atomic E-state index is 10.1. The molecule has 0 aliphatic heterocycles. The van der Waals surface area contributed by atoms with Crippen LogP contribution in [0.3, 0.4) is 0 Å². The van der Waals surface area contributed by atoms with Crippen LogP contribution in [0.15, 0.2) is 0 Å². The SMILES string of the molecule is CCSNC(C)=O. The third-order valence-electron chi connectivity index (χ3n) is 0.360. The number of nitrogens with one attached hydrogen (secondary N) is 1. The summed E-state index contributed by atoms with van der Waals surface area (Å²) < 4.78 is 2.57. The first-order chi connectivity index (χ1) is 3.27. The summed E-state index contributed by atoms with van der Waals surface area (Å²) in [5.41, 5.74) is 0. The summed E-state index contributed by atoms with van der Waals surface area (Å²) in [6.07, 6.45) is 0.